The van der Waals surface area contributed by atoms with Crippen LogP contribution >= 0.6 is 0 Å². The molecule has 0 aliphatic heterocycles. The molecule has 1 atom stereocenters. The molecule has 0 heterocycles. The van der Waals surface area contributed by atoms with E-state index in [1.54, 1.807) is 6.92 Å². The second kappa shape index (κ2) is 7.23. The number of carbonyl (C=O) groups is 2. The molecule has 0 bridgehead atoms. The molecule has 0 rings (SSSR count). The summed E-state index contributed by atoms with van der Waals surface area (Å²) < 4.78 is 0. The highest BCUT2D eigenvalue weighted by Gasteiger charge is 2.06. The van der Waals surface area contributed by atoms with Gasteiger partial charge in [0.2, 0.25) is 11.8 Å². The zero-order valence-corrected chi connectivity index (χ0v) is 9.67. The van der Waals surface area contributed by atoms with E-state index in [0.717, 1.165) is 6.42 Å². The van der Waals surface area contributed by atoms with Crippen LogP contribution in [-0.4, -0.2) is 30.9 Å². The molecule has 1 unspecified atom stereocenters. The van der Waals surface area contributed by atoms with Crippen molar-refractivity contribution in [1.82, 2.24) is 10.6 Å². The highest BCUT2D eigenvalue weighted by molar-refractivity contribution is 5.80. The number of hydrogen-bond acceptors (Lipinski definition) is 3. The van der Waals surface area contributed by atoms with Gasteiger partial charge in [0.05, 0.1) is 6.04 Å². The normalized spacial score (nSPS) is 12.3. The van der Waals surface area contributed by atoms with Crippen LogP contribution in [0.3, 0.4) is 0 Å². The molecular formula is C10H21N3O2. The van der Waals surface area contributed by atoms with Crippen molar-refractivity contribution < 1.29 is 9.59 Å². The van der Waals surface area contributed by atoms with E-state index in [9.17, 15) is 9.59 Å². The Morgan fingerprint density at radius 1 is 1.07 bits per heavy atom. The van der Waals surface area contributed by atoms with Crippen LogP contribution < -0.4 is 16.4 Å². The fourth-order valence-corrected chi connectivity index (χ4v) is 0.877. The lowest BCUT2D eigenvalue weighted by molar-refractivity contribution is -0.124. The van der Waals surface area contributed by atoms with Crippen molar-refractivity contribution in [2.45, 2.75) is 33.2 Å². The van der Waals surface area contributed by atoms with E-state index in [1.165, 1.54) is 0 Å². The molecule has 0 radical (unpaired) electrons. The summed E-state index contributed by atoms with van der Waals surface area (Å²) in [5.41, 5.74) is 5.36. The zero-order valence-electron chi connectivity index (χ0n) is 9.67. The summed E-state index contributed by atoms with van der Waals surface area (Å²) in [6.45, 7) is 6.44. The van der Waals surface area contributed by atoms with Crippen molar-refractivity contribution in [3.05, 3.63) is 0 Å². The SMILES string of the molecule is CC(C)C(=O)NCCCNC(=O)C(C)N. The Morgan fingerprint density at radius 2 is 1.53 bits per heavy atom. The molecule has 15 heavy (non-hydrogen) atoms. The Morgan fingerprint density at radius 3 is 1.93 bits per heavy atom. The summed E-state index contributed by atoms with van der Waals surface area (Å²) in [7, 11) is 0. The van der Waals surface area contributed by atoms with Crippen LogP contribution in [0, 0.1) is 5.92 Å². The topological polar surface area (TPSA) is 84.2 Å². The minimum absolute atomic E-state index is 0.00338. The van der Waals surface area contributed by atoms with E-state index in [-0.39, 0.29) is 17.7 Å². The Kier molecular flexibility index (Phi) is 6.70. The van der Waals surface area contributed by atoms with Gasteiger partial charge in [0.15, 0.2) is 0 Å². The second-order valence-electron chi connectivity index (χ2n) is 3.88. The second-order valence-corrected chi connectivity index (χ2v) is 3.88. The van der Waals surface area contributed by atoms with Crippen LogP contribution in [0.5, 0.6) is 0 Å². The third-order valence-corrected chi connectivity index (χ3v) is 1.89. The first-order valence-electron chi connectivity index (χ1n) is 5.26. The Balaban J connectivity index is 3.40. The smallest absolute Gasteiger partial charge is 0.236 e. The number of hydrogen-bond donors (Lipinski definition) is 3. The number of amides is 2. The van der Waals surface area contributed by atoms with Crippen molar-refractivity contribution in [2.24, 2.45) is 11.7 Å². The van der Waals surface area contributed by atoms with Crippen molar-refractivity contribution >= 4 is 11.8 Å². The van der Waals surface area contributed by atoms with Crippen LogP contribution in [0.1, 0.15) is 27.2 Å². The summed E-state index contributed by atoms with van der Waals surface area (Å²) in [4.78, 5) is 22.2. The first-order valence-corrected chi connectivity index (χ1v) is 5.26. The average Bonchev–Trinajstić information content (AvgIpc) is 2.16. The van der Waals surface area contributed by atoms with Gasteiger partial charge < -0.3 is 16.4 Å². The van der Waals surface area contributed by atoms with Gasteiger partial charge in [0.25, 0.3) is 0 Å². The lowest BCUT2D eigenvalue weighted by atomic mass is 10.2. The molecule has 88 valence electrons. The van der Waals surface area contributed by atoms with E-state index >= 15 is 0 Å². The van der Waals surface area contributed by atoms with Gasteiger partial charge in [-0.15, -0.1) is 0 Å². The molecule has 0 saturated heterocycles. The van der Waals surface area contributed by atoms with Crippen LogP contribution in [0.2, 0.25) is 0 Å². The Hall–Kier alpha value is -1.10. The first-order chi connectivity index (χ1) is 6.95. The van der Waals surface area contributed by atoms with Gasteiger partial charge in [-0.1, -0.05) is 13.8 Å². The fraction of sp³-hybridized carbons (Fsp3) is 0.800. The predicted molar refractivity (Wildman–Crippen MR) is 59.1 cm³/mol. The quantitative estimate of drug-likeness (QED) is 0.528. The summed E-state index contributed by atoms with van der Waals surface area (Å²) >= 11 is 0. The maximum atomic E-state index is 11.1. The van der Waals surface area contributed by atoms with E-state index in [4.69, 9.17) is 5.73 Å². The van der Waals surface area contributed by atoms with Crippen molar-refractivity contribution in [2.75, 3.05) is 13.1 Å². The first kappa shape index (κ1) is 13.9. The molecule has 0 spiro atoms. The van der Waals surface area contributed by atoms with Crippen LogP contribution in [0.25, 0.3) is 0 Å². The highest BCUT2D eigenvalue weighted by Crippen LogP contribution is 1.90. The molecule has 0 aliphatic rings. The number of carbonyl (C=O) groups excluding carboxylic acids is 2. The highest BCUT2D eigenvalue weighted by atomic mass is 16.2. The molecule has 0 fully saturated rings. The standard InChI is InChI=1S/C10H21N3O2/c1-7(2)9(14)12-5-4-6-13-10(15)8(3)11/h7-8H,4-6,11H2,1-3H3,(H,12,14)(H,13,15). The third-order valence-electron chi connectivity index (χ3n) is 1.89. The number of rotatable bonds is 6. The van der Waals surface area contributed by atoms with Crippen LogP contribution in [-0.2, 0) is 9.59 Å². The molecule has 2 amide bonds. The minimum atomic E-state index is -0.477. The molecule has 0 aromatic rings. The summed E-state index contributed by atoms with van der Waals surface area (Å²) in [6.07, 6.45) is 0.719. The van der Waals surface area contributed by atoms with E-state index < -0.39 is 6.04 Å². The maximum Gasteiger partial charge on any atom is 0.236 e. The number of nitrogens with two attached hydrogens (primary N) is 1. The largest absolute Gasteiger partial charge is 0.356 e. The number of nitrogens with one attached hydrogen (secondary N) is 2. The van der Waals surface area contributed by atoms with Crippen molar-refractivity contribution in [3.63, 3.8) is 0 Å². The lowest BCUT2D eigenvalue weighted by Crippen LogP contribution is -2.39. The van der Waals surface area contributed by atoms with Gasteiger partial charge in [-0.25, -0.2) is 0 Å². The minimum Gasteiger partial charge on any atom is -0.356 e. The Labute approximate surface area is 90.8 Å². The monoisotopic (exact) mass is 215 g/mol. The van der Waals surface area contributed by atoms with Crippen molar-refractivity contribution in [1.29, 1.82) is 0 Å². The van der Waals surface area contributed by atoms with E-state index in [0.29, 0.717) is 13.1 Å². The fourth-order valence-electron chi connectivity index (χ4n) is 0.877. The van der Waals surface area contributed by atoms with Crippen LogP contribution in [0.4, 0.5) is 0 Å². The maximum absolute atomic E-state index is 11.1. The molecule has 5 nitrogen and oxygen atoms in total. The third kappa shape index (κ3) is 6.90. The van der Waals surface area contributed by atoms with Gasteiger partial charge in [0.1, 0.15) is 0 Å². The molecule has 0 saturated carbocycles. The van der Waals surface area contributed by atoms with E-state index in [1.807, 2.05) is 13.8 Å². The average molecular weight is 215 g/mol. The summed E-state index contributed by atoms with van der Waals surface area (Å²) in [5.74, 6) is -0.123. The van der Waals surface area contributed by atoms with Gasteiger partial charge in [-0.3, -0.25) is 9.59 Å². The van der Waals surface area contributed by atoms with Gasteiger partial charge in [-0.2, -0.15) is 0 Å². The van der Waals surface area contributed by atoms with Gasteiger partial charge in [0, 0.05) is 19.0 Å². The van der Waals surface area contributed by atoms with E-state index in [2.05, 4.69) is 10.6 Å². The lowest BCUT2D eigenvalue weighted by Gasteiger charge is -2.09. The summed E-state index contributed by atoms with van der Waals surface area (Å²) in [5, 5.41) is 5.43. The van der Waals surface area contributed by atoms with Gasteiger partial charge in [-0.05, 0) is 13.3 Å². The zero-order chi connectivity index (χ0) is 11.8. The molecule has 5 heteroatoms. The molecule has 0 aliphatic carbocycles. The molecular weight excluding hydrogens is 194 g/mol. The van der Waals surface area contributed by atoms with Crippen LogP contribution in [0.15, 0.2) is 0 Å². The molecule has 0 aromatic carbocycles. The van der Waals surface area contributed by atoms with Gasteiger partial charge >= 0.3 is 0 Å². The molecule has 4 N–H and O–H groups in total. The Bertz CT molecular complexity index is 193. The molecule has 0 aromatic heterocycles. The van der Waals surface area contributed by atoms with Crippen molar-refractivity contribution in [3.8, 4) is 0 Å². The predicted octanol–water partition coefficient (Wildman–Crippen LogP) is -0.388. The summed E-state index contributed by atoms with van der Waals surface area (Å²) in [6, 6.07) is -0.477.